The van der Waals surface area contributed by atoms with E-state index < -0.39 is 5.60 Å². The van der Waals surface area contributed by atoms with Crippen LogP contribution < -0.4 is 10.6 Å². The van der Waals surface area contributed by atoms with E-state index in [-0.39, 0.29) is 12.0 Å². The third-order valence-corrected chi connectivity index (χ3v) is 6.00. The van der Waals surface area contributed by atoms with Crippen molar-refractivity contribution in [2.75, 3.05) is 26.2 Å². The highest BCUT2D eigenvalue weighted by atomic mass is 16.6. The van der Waals surface area contributed by atoms with Gasteiger partial charge < -0.3 is 15.4 Å². The largest absolute Gasteiger partial charge is 0.444 e. The Balaban J connectivity index is 1.33. The van der Waals surface area contributed by atoms with Crippen LogP contribution in [0, 0.1) is 0 Å². The predicted molar refractivity (Wildman–Crippen MR) is 128 cm³/mol. The first-order valence-electron chi connectivity index (χ1n) is 11.7. The van der Waals surface area contributed by atoms with Crippen LogP contribution in [-0.4, -0.2) is 53.6 Å². The van der Waals surface area contributed by atoms with Gasteiger partial charge in [0, 0.05) is 51.4 Å². The first-order chi connectivity index (χ1) is 15.8. The molecule has 0 spiro atoms. The van der Waals surface area contributed by atoms with Crippen LogP contribution in [0.5, 0.6) is 0 Å². The number of carbonyl (C=O) groups excluding carboxylic acids is 2. The molecule has 2 heterocycles. The number of nitrogens with one attached hydrogen (secondary N) is 2. The van der Waals surface area contributed by atoms with Gasteiger partial charge >= 0.3 is 6.09 Å². The quantitative estimate of drug-likeness (QED) is 0.732. The van der Waals surface area contributed by atoms with E-state index in [1.165, 1.54) is 5.56 Å². The van der Waals surface area contributed by atoms with Crippen LogP contribution in [0.2, 0.25) is 0 Å². The molecule has 2 aromatic carbocycles. The normalized spacial score (nSPS) is 16.4. The number of hydrogen-bond acceptors (Lipinski definition) is 5. The summed E-state index contributed by atoms with van der Waals surface area (Å²) in [6, 6.07) is 13.9. The Kier molecular flexibility index (Phi) is 7.00. The van der Waals surface area contributed by atoms with Gasteiger partial charge in [-0.25, -0.2) is 4.79 Å². The third kappa shape index (κ3) is 6.12. The molecule has 0 bridgehead atoms. The molecule has 0 aliphatic carbocycles. The van der Waals surface area contributed by atoms with Gasteiger partial charge in [-0.2, -0.15) is 0 Å². The van der Waals surface area contributed by atoms with Crippen LogP contribution in [0.25, 0.3) is 0 Å². The monoisotopic (exact) mass is 450 g/mol. The summed E-state index contributed by atoms with van der Waals surface area (Å²) < 4.78 is 5.52. The summed E-state index contributed by atoms with van der Waals surface area (Å²) in [5.41, 5.74) is 4.57. The van der Waals surface area contributed by atoms with Crippen molar-refractivity contribution in [3.8, 4) is 0 Å². The molecular weight excluding hydrogens is 416 g/mol. The summed E-state index contributed by atoms with van der Waals surface area (Å²) in [7, 11) is 0. The average Bonchev–Trinajstić information content (AvgIpc) is 3.23. The zero-order valence-corrected chi connectivity index (χ0v) is 19.8. The zero-order valence-electron chi connectivity index (χ0n) is 19.8. The number of fused-ring (bicyclic) bond motifs is 1. The Morgan fingerprint density at radius 1 is 1.03 bits per heavy atom. The van der Waals surface area contributed by atoms with Crippen LogP contribution in [0.4, 0.5) is 4.79 Å². The maximum atomic E-state index is 12.7. The van der Waals surface area contributed by atoms with Gasteiger partial charge in [-0.3, -0.25) is 14.6 Å². The third-order valence-electron chi connectivity index (χ3n) is 6.00. The van der Waals surface area contributed by atoms with Gasteiger partial charge in [0.25, 0.3) is 5.91 Å². The van der Waals surface area contributed by atoms with Crippen LogP contribution >= 0.6 is 0 Å². The Morgan fingerprint density at radius 2 is 1.76 bits per heavy atom. The molecule has 7 heteroatoms. The lowest BCUT2D eigenvalue weighted by atomic mass is 10.0. The highest BCUT2D eigenvalue weighted by molar-refractivity contribution is 5.94. The lowest BCUT2D eigenvalue weighted by molar-refractivity contribution is 0.0241. The number of rotatable bonds is 5. The van der Waals surface area contributed by atoms with Crippen molar-refractivity contribution in [2.45, 2.75) is 52.6 Å². The van der Waals surface area contributed by atoms with Crippen LogP contribution in [0.15, 0.2) is 42.5 Å². The molecule has 0 radical (unpaired) electrons. The van der Waals surface area contributed by atoms with Crippen LogP contribution in [0.1, 0.15) is 53.4 Å². The Hall–Kier alpha value is -2.90. The second kappa shape index (κ2) is 9.93. The van der Waals surface area contributed by atoms with Crippen molar-refractivity contribution >= 4 is 12.0 Å². The van der Waals surface area contributed by atoms with Crippen LogP contribution in [0.3, 0.4) is 0 Å². The van der Waals surface area contributed by atoms with E-state index in [2.05, 4.69) is 15.5 Å². The van der Waals surface area contributed by atoms with Crippen molar-refractivity contribution in [2.24, 2.45) is 0 Å². The molecule has 4 rings (SSSR count). The lowest BCUT2D eigenvalue weighted by Gasteiger charge is -2.27. The minimum absolute atomic E-state index is 0.0941. The standard InChI is InChI=1S/C26H34N4O3/c1-26(2,3)33-25(32)30-17-22-6-4-5-21(23(22)18-30)15-28-24(31)20-9-7-19(8-10-20)16-29-13-11-27-12-14-29/h4-10,27H,11-18H2,1-3H3,(H,28,31). The van der Waals surface area contributed by atoms with Gasteiger partial charge in [-0.05, 0) is 55.2 Å². The Bertz CT molecular complexity index is 992. The molecular formula is C26H34N4O3. The SMILES string of the molecule is CC(C)(C)OC(=O)N1Cc2cccc(CNC(=O)c3ccc(CN4CCNCC4)cc3)c2C1. The molecule has 0 saturated carbocycles. The summed E-state index contributed by atoms with van der Waals surface area (Å²) in [6.07, 6.45) is -0.311. The van der Waals surface area contributed by atoms with E-state index in [0.717, 1.165) is 49.4 Å². The van der Waals surface area contributed by atoms with Crippen molar-refractivity contribution in [1.29, 1.82) is 0 Å². The second-order valence-electron chi connectivity index (χ2n) is 9.80. The molecule has 2 aliphatic rings. The topological polar surface area (TPSA) is 73.9 Å². The molecule has 176 valence electrons. The fourth-order valence-corrected chi connectivity index (χ4v) is 4.28. The molecule has 0 unspecified atom stereocenters. The van der Waals surface area contributed by atoms with Gasteiger partial charge in [-0.1, -0.05) is 30.3 Å². The molecule has 33 heavy (non-hydrogen) atoms. The molecule has 2 N–H and O–H groups in total. The fraction of sp³-hybridized carbons (Fsp3) is 0.462. The summed E-state index contributed by atoms with van der Waals surface area (Å²) in [5.74, 6) is -0.0941. The number of ether oxygens (including phenoxy) is 1. The van der Waals surface area contributed by atoms with Crippen molar-refractivity contribution in [1.82, 2.24) is 20.4 Å². The average molecular weight is 451 g/mol. The highest BCUT2D eigenvalue weighted by Gasteiger charge is 2.29. The predicted octanol–water partition coefficient (Wildman–Crippen LogP) is 3.27. The van der Waals surface area contributed by atoms with Crippen molar-refractivity contribution < 1.29 is 14.3 Å². The molecule has 1 saturated heterocycles. The first-order valence-corrected chi connectivity index (χ1v) is 11.7. The number of carbonyl (C=O) groups is 2. The van der Waals surface area contributed by atoms with E-state index in [1.807, 2.05) is 63.2 Å². The van der Waals surface area contributed by atoms with Gasteiger partial charge in [0.1, 0.15) is 5.60 Å². The zero-order chi connectivity index (χ0) is 23.4. The molecule has 0 aromatic heterocycles. The summed E-state index contributed by atoms with van der Waals surface area (Å²) in [4.78, 5) is 29.3. The van der Waals surface area contributed by atoms with E-state index >= 15 is 0 Å². The fourth-order valence-electron chi connectivity index (χ4n) is 4.28. The number of hydrogen-bond donors (Lipinski definition) is 2. The van der Waals surface area contributed by atoms with Gasteiger partial charge in [0.15, 0.2) is 0 Å². The summed E-state index contributed by atoms with van der Waals surface area (Å²) >= 11 is 0. The van der Waals surface area contributed by atoms with Crippen LogP contribution in [-0.2, 0) is 30.9 Å². The number of piperazine rings is 1. The van der Waals surface area contributed by atoms with E-state index in [4.69, 9.17) is 4.74 Å². The maximum Gasteiger partial charge on any atom is 0.410 e. The Morgan fingerprint density at radius 3 is 2.45 bits per heavy atom. The Labute approximate surface area is 196 Å². The summed E-state index contributed by atoms with van der Waals surface area (Å²) in [5, 5.41) is 6.40. The van der Waals surface area contributed by atoms with E-state index in [1.54, 1.807) is 4.90 Å². The summed E-state index contributed by atoms with van der Waals surface area (Å²) in [6.45, 7) is 12.1. The second-order valence-corrected chi connectivity index (χ2v) is 9.80. The molecule has 2 aliphatic heterocycles. The lowest BCUT2D eigenvalue weighted by Crippen LogP contribution is -2.42. The maximum absolute atomic E-state index is 12.7. The molecule has 1 fully saturated rings. The minimum atomic E-state index is -0.525. The van der Waals surface area contributed by atoms with E-state index in [9.17, 15) is 9.59 Å². The van der Waals surface area contributed by atoms with Crippen molar-refractivity contribution in [3.05, 3.63) is 70.3 Å². The number of amides is 2. The van der Waals surface area contributed by atoms with E-state index in [0.29, 0.717) is 25.2 Å². The van der Waals surface area contributed by atoms with Gasteiger partial charge in [-0.15, -0.1) is 0 Å². The molecule has 7 nitrogen and oxygen atoms in total. The molecule has 2 aromatic rings. The first kappa shape index (κ1) is 23.3. The smallest absolute Gasteiger partial charge is 0.410 e. The van der Waals surface area contributed by atoms with Gasteiger partial charge in [0.2, 0.25) is 0 Å². The highest BCUT2D eigenvalue weighted by Crippen LogP contribution is 2.27. The number of nitrogens with zero attached hydrogens (tertiary/aromatic N) is 2. The van der Waals surface area contributed by atoms with Crippen molar-refractivity contribution in [3.63, 3.8) is 0 Å². The minimum Gasteiger partial charge on any atom is -0.444 e. The number of benzene rings is 2. The van der Waals surface area contributed by atoms with Gasteiger partial charge in [0.05, 0.1) is 6.54 Å². The molecule has 0 atom stereocenters. The molecule has 2 amide bonds.